The number of imidazole rings is 1. The number of carbonyl (C=O) groups excluding carboxylic acids is 1. The molecule has 0 spiro atoms. The summed E-state index contributed by atoms with van der Waals surface area (Å²) in [6.07, 6.45) is 3.79. The molecule has 1 amide bonds. The number of H-pyrrole nitrogens is 1. The summed E-state index contributed by atoms with van der Waals surface area (Å²) in [7, 11) is 0. The van der Waals surface area contributed by atoms with E-state index < -0.39 is 0 Å². The van der Waals surface area contributed by atoms with Crippen LogP contribution in [0.25, 0.3) is 11.0 Å². The number of aryl methyl sites for hydroxylation is 2. The third-order valence-electron chi connectivity index (χ3n) is 4.60. The van der Waals surface area contributed by atoms with Gasteiger partial charge in [0.25, 0.3) is 5.91 Å². The summed E-state index contributed by atoms with van der Waals surface area (Å²) in [6, 6.07) is 5.97. The Morgan fingerprint density at radius 1 is 1.24 bits per heavy atom. The number of nitrogens with zero attached hydrogens (tertiary/aromatic N) is 3. The fourth-order valence-corrected chi connectivity index (χ4v) is 3.36. The second-order valence-corrected chi connectivity index (χ2v) is 6.40. The highest BCUT2D eigenvalue weighted by Crippen LogP contribution is 2.23. The number of nitrogens with one attached hydrogen (secondary N) is 2. The van der Waals surface area contributed by atoms with Gasteiger partial charge in [-0.05, 0) is 44.2 Å². The SMILES string of the molecule is Cc1cccc2[nH]c(CNC(=O)c3nc(N)nc4c3CCCC4)nc12. The van der Waals surface area contributed by atoms with Gasteiger partial charge < -0.3 is 16.0 Å². The second kappa shape index (κ2) is 6.16. The van der Waals surface area contributed by atoms with Gasteiger partial charge in [-0.2, -0.15) is 0 Å². The molecule has 1 aliphatic carbocycles. The van der Waals surface area contributed by atoms with Crippen LogP contribution < -0.4 is 11.1 Å². The zero-order valence-corrected chi connectivity index (χ0v) is 14.1. The number of amides is 1. The molecule has 0 fully saturated rings. The average Bonchev–Trinajstić information content (AvgIpc) is 3.03. The molecule has 7 nitrogen and oxygen atoms in total. The first-order chi connectivity index (χ1) is 12.1. The molecule has 3 aromatic rings. The minimum Gasteiger partial charge on any atom is -0.368 e. The summed E-state index contributed by atoms with van der Waals surface area (Å²) >= 11 is 0. The number of anilines is 1. The fourth-order valence-electron chi connectivity index (χ4n) is 3.36. The van der Waals surface area contributed by atoms with Crippen molar-refractivity contribution in [3.05, 3.63) is 46.5 Å². The molecule has 2 heterocycles. The predicted octanol–water partition coefficient (Wildman–Crippen LogP) is 2.05. The first-order valence-corrected chi connectivity index (χ1v) is 8.49. The smallest absolute Gasteiger partial charge is 0.270 e. The summed E-state index contributed by atoms with van der Waals surface area (Å²) < 4.78 is 0. The van der Waals surface area contributed by atoms with Crippen LogP contribution in [0.2, 0.25) is 0 Å². The van der Waals surface area contributed by atoms with Gasteiger partial charge in [0.15, 0.2) is 0 Å². The number of para-hydroxylation sites is 1. The molecule has 1 aliphatic rings. The maximum Gasteiger partial charge on any atom is 0.270 e. The van der Waals surface area contributed by atoms with E-state index in [0.717, 1.165) is 53.5 Å². The standard InChI is InChI=1S/C18H20N6O/c1-10-5-4-8-13-15(10)23-14(21-13)9-20-17(25)16-11-6-2-3-7-12(11)22-18(19)24-16/h4-5,8H,2-3,6-7,9H2,1H3,(H,20,25)(H,21,23)(H2,19,22,24). The topological polar surface area (TPSA) is 110 Å². The number of nitrogen functional groups attached to an aromatic ring is 1. The first kappa shape index (κ1) is 15.6. The van der Waals surface area contributed by atoms with Crippen LogP contribution in [0.5, 0.6) is 0 Å². The van der Waals surface area contributed by atoms with Crippen molar-refractivity contribution in [2.45, 2.75) is 39.2 Å². The van der Waals surface area contributed by atoms with Gasteiger partial charge in [-0.3, -0.25) is 4.79 Å². The van der Waals surface area contributed by atoms with Crippen molar-refractivity contribution >= 4 is 22.9 Å². The molecule has 0 atom stereocenters. The molecular formula is C18H20N6O. The van der Waals surface area contributed by atoms with E-state index in [4.69, 9.17) is 5.73 Å². The Labute approximate surface area is 145 Å². The predicted molar refractivity (Wildman–Crippen MR) is 95.1 cm³/mol. The lowest BCUT2D eigenvalue weighted by Crippen LogP contribution is -2.28. The van der Waals surface area contributed by atoms with Gasteiger partial charge in [-0.1, -0.05) is 12.1 Å². The number of hydrogen-bond acceptors (Lipinski definition) is 5. The largest absolute Gasteiger partial charge is 0.368 e. The van der Waals surface area contributed by atoms with Crippen LogP contribution in [0.1, 0.15) is 46.0 Å². The van der Waals surface area contributed by atoms with Gasteiger partial charge in [0.2, 0.25) is 5.95 Å². The number of hydrogen-bond donors (Lipinski definition) is 3. The van der Waals surface area contributed by atoms with E-state index >= 15 is 0 Å². The van der Waals surface area contributed by atoms with Crippen LogP contribution >= 0.6 is 0 Å². The quantitative estimate of drug-likeness (QED) is 0.678. The Balaban J connectivity index is 1.56. The molecule has 0 saturated carbocycles. The van der Waals surface area contributed by atoms with Gasteiger partial charge in [0.1, 0.15) is 11.5 Å². The summed E-state index contributed by atoms with van der Waals surface area (Å²) in [4.78, 5) is 28.9. The van der Waals surface area contributed by atoms with E-state index in [-0.39, 0.29) is 11.9 Å². The summed E-state index contributed by atoms with van der Waals surface area (Å²) in [6.45, 7) is 2.33. The van der Waals surface area contributed by atoms with Crippen LogP contribution in [-0.4, -0.2) is 25.8 Å². The molecule has 2 aromatic heterocycles. The Morgan fingerprint density at radius 2 is 2.08 bits per heavy atom. The highest BCUT2D eigenvalue weighted by Gasteiger charge is 2.21. The van der Waals surface area contributed by atoms with Crippen LogP contribution in [0, 0.1) is 6.92 Å². The minimum absolute atomic E-state index is 0.158. The molecule has 4 N–H and O–H groups in total. The maximum absolute atomic E-state index is 12.6. The summed E-state index contributed by atoms with van der Waals surface area (Å²) in [5.41, 5.74) is 11.0. The molecule has 128 valence electrons. The van der Waals surface area contributed by atoms with Crippen molar-refractivity contribution in [1.29, 1.82) is 0 Å². The third-order valence-corrected chi connectivity index (χ3v) is 4.60. The van der Waals surface area contributed by atoms with Crippen molar-refractivity contribution < 1.29 is 4.79 Å². The van der Waals surface area contributed by atoms with Crippen molar-refractivity contribution in [3.63, 3.8) is 0 Å². The monoisotopic (exact) mass is 336 g/mol. The number of carbonyl (C=O) groups is 1. The Kier molecular flexibility index (Phi) is 3.83. The van der Waals surface area contributed by atoms with Crippen LogP contribution in [0.4, 0.5) is 5.95 Å². The molecule has 25 heavy (non-hydrogen) atoms. The van der Waals surface area contributed by atoms with E-state index in [9.17, 15) is 4.79 Å². The van der Waals surface area contributed by atoms with Crippen LogP contribution in [0.3, 0.4) is 0 Å². The zero-order valence-electron chi connectivity index (χ0n) is 14.1. The number of aromatic amines is 1. The highest BCUT2D eigenvalue weighted by atomic mass is 16.1. The van der Waals surface area contributed by atoms with Gasteiger partial charge in [-0.15, -0.1) is 0 Å². The molecule has 0 radical (unpaired) electrons. The lowest BCUT2D eigenvalue weighted by molar-refractivity contribution is 0.0943. The van der Waals surface area contributed by atoms with E-state index in [1.54, 1.807) is 0 Å². The number of fused-ring (bicyclic) bond motifs is 2. The summed E-state index contributed by atoms with van der Waals surface area (Å²) in [5, 5.41) is 2.89. The second-order valence-electron chi connectivity index (χ2n) is 6.40. The lowest BCUT2D eigenvalue weighted by Gasteiger charge is -2.17. The molecule has 7 heteroatoms. The zero-order chi connectivity index (χ0) is 17.4. The van der Waals surface area contributed by atoms with E-state index in [0.29, 0.717) is 18.1 Å². The number of aromatic nitrogens is 4. The van der Waals surface area contributed by atoms with Crippen molar-refractivity contribution in [3.8, 4) is 0 Å². The van der Waals surface area contributed by atoms with Crippen molar-refractivity contribution in [2.75, 3.05) is 5.73 Å². The molecular weight excluding hydrogens is 316 g/mol. The minimum atomic E-state index is -0.232. The Bertz CT molecular complexity index is 962. The average molecular weight is 336 g/mol. The van der Waals surface area contributed by atoms with E-state index in [1.807, 2.05) is 25.1 Å². The van der Waals surface area contributed by atoms with Crippen LogP contribution in [0.15, 0.2) is 18.2 Å². The van der Waals surface area contributed by atoms with Crippen molar-refractivity contribution in [1.82, 2.24) is 25.3 Å². The maximum atomic E-state index is 12.6. The lowest BCUT2D eigenvalue weighted by atomic mass is 9.94. The molecule has 0 aliphatic heterocycles. The molecule has 0 unspecified atom stereocenters. The van der Waals surface area contributed by atoms with Crippen LogP contribution in [-0.2, 0) is 19.4 Å². The molecule has 4 rings (SSSR count). The summed E-state index contributed by atoms with van der Waals surface area (Å²) in [5.74, 6) is 0.642. The Hall–Kier alpha value is -2.96. The highest BCUT2D eigenvalue weighted by molar-refractivity contribution is 5.94. The van der Waals surface area contributed by atoms with Gasteiger partial charge in [-0.25, -0.2) is 15.0 Å². The normalized spacial score (nSPS) is 13.6. The fraction of sp³-hybridized carbons (Fsp3) is 0.333. The number of rotatable bonds is 3. The van der Waals surface area contributed by atoms with E-state index in [2.05, 4.69) is 25.3 Å². The van der Waals surface area contributed by atoms with E-state index in [1.165, 1.54) is 0 Å². The first-order valence-electron chi connectivity index (χ1n) is 8.49. The molecule has 0 saturated heterocycles. The van der Waals surface area contributed by atoms with Gasteiger partial charge in [0.05, 0.1) is 17.6 Å². The van der Waals surface area contributed by atoms with Gasteiger partial charge >= 0.3 is 0 Å². The Morgan fingerprint density at radius 3 is 2.92 bits per heavy atom. The molecule has 0 bridgehead atoms. The third kappa shape index (κ3) is 2.93. The van der Waals surface area contributed by atoms with Crippen molar-refractivity contribution in [2.24, 2.45) is 0 Å². The number of nitrogens with two attached hydrogens (primary N) is 1. The van der Waals surface area contributed by atoms with Gasteiger partial charge in [0, 0.05) is 11.3 Å². The molecule has 1 aromatic carbocycles. The number of benzene rings is 1.